The van der Waals surface area contributed by atoms with E-state index < -0.39 is 0 Å². The molecule has 160 valence electrons. The van der Waals surface area contributed by atoms with Gasteiger partial charge in [-0.1, -0.05) is 37.3 Å². The number of carbonyl (C=O) groups excluding carboxylic acids is 2. The topological polar surface area (TPSA) is 64.7 Å². The zero-order chi connectivity index (χ0) is 21.2. The highest BCUT2D eigenvalue weighted by Gasteiger charge is 2.53. The van der Waals surface area contributed by atoms with E-state index >= 15 is 0 Å². The molecule has 2 N–H and O–H groups in total. The molecule has 6 heteroatoms. The second-order valence-corrected chi connectivity index (χ2v) is 9.55. The molecule has 2 aliphatic rings. The number of carbonyl (C=O) groups is 2. The molecule has 0 aromatic heterocycles. The van der Waals surface area contributed by atoms with Crippen LogP contribution in [0.5, 0.6) is 0 Å². The maximum Gasteiger partial charge on any atom is 0.317 e. The predicted molar refractivity (Wildman–Crippen MR) is 115 cm³/mol. The summed E-state index contributed by atoms with van der Waals surface area (Å²) in [6.45, 7) is 11.5. The van der Waals surface area contributed by atoms with E-state index in [1.54, 1.807) is 0 Å². The summed E-state index contributed by atoms with van der Waals surface area (Å²) in [5, 5.41) is 6.74. The van der Waals surface area contributed by atoms with Crippen molar-refractivity contribution in [2.24, 2.45) is 0 Å². The van der Waals surface area contributed by atoms with Crippen molar-refractivity contribution in [3.8, 4) is 0 Å². The Labute approximate surface area is 175 Å². The molecule has 0 unspecified atom stereocenters. The Morgan fingerprint density at radius 1 is 1.24 bits per heavy atom. The van der Waals surface area contributed by atoms with E-state index in [2.05, 4.69) is 41.5 Å². The van der Waals surface area contributed by atoms with Gasteiger partial charge in [-0.05, 0) is 46.1 Å². The fourth-order valence-electron chi connectivity index (χ4n) is 4.51. The number of benzene rings is 1. The van der Waals surface area contributed by atoms with Gasteiger partial charge < -0.3 is 15.1 Å². The van der Waals surface area contributed by atoms with Crippen LogP contribution in [0.15, 0.2) is 30.3 Å². The Bertz CT molecular complexity index is 720. The lowest BCUT2D eigenvalue weighted by Gasteiger charge is -2.47. The highest BCUT2D eigenvalue weighted by atomic mass is 16.2. The molecule has 2 saturated heterocycles. The molecule has 1 spiro atoms. The van der Waals surface area contributed by atoms with Crippen LogP contribution in [0, 0.1) is 0 Å². The van der Waals surface area contributed by atoms with Crippen LogP contribution in [0.3, 0.4) is 0 Å². The first kappa shape index (κ1) is 21.6. The fraction of sp³-hybridized carbons (Fsp3) is 0.652. The number of piperidine rings is 1. The van der Waals surface area contributed by atoms with Crippen molar-refractivity contribution in [3.63, 3.8) is 0 Å². The average Bonchev–Trinajstić information content (AvgIpc) is 2.92. The van der Waals surface area contributed by atoms with E-state index in [0.29, 0.717) is 19.5 Å². The molecule has 1 aromatic carbocycles. The largest absolute Gasteiger partial charge is 0.333 e. The van der Waals surface area contributed by atoms with Gasteiger partial charge in [0.05, 0.1) is 11.7 Å². The molecule has 0 bridgehead atoms. The maximum atomic E-state index is 13.4. The SMILES string of the molecule is CC[C@H](C)N1C(=O)[C@H](Cc2ccccc2)NC12CCN(C(=O)NC(C)(C)C)CC2. The van der Waals surface area contributed by atoms with Gasteiger partial charge in [-0.2, -0.15) is 0 Å². The van der Waals surface area contributed by atoms with Crippen LogP contribution in [-0.4, -0.2) is 58.1 Å². The molecule has 2 atom stereocenters. The number of hydrogen-bond acceptors (Lipinski definition) is 3. The molecule has 0 radical (unpaired) electrons. The quantitative estimate of drug-likeness (QED) is 0.816. The molecule has 2 heterocycles. The van der Waals surface area contributed by atoms with Crippen molar-refractivity contribution in [2.75, 3.05) is 13.1 Å². The number of urea groups is 1. The van der Waals surface area contributed by atoms with Gasteiger partial charge in [0.25, 0.3) is 0 Å². The van der Waals surface area contributed by atoms with E-state index in [-0.39, 0.29) is 35.2 Å². The van der Waals surface area contributed by atoms with Crippen LogP contribution in [0.4, 0.5) is 4.79 Å². The number of likely N-dealkylation sites (tertiary alicyclic amines) is 1. The normalized spacial score (nSPS) is 22.8. The third kappa shape index (κ3) is 4.74. The second kappa shape index (κ2) is 8.34. The summed E-state index contributed by atoms with van der Waals surface area (Å²) < 4.78 is 0. The Balaban J connectivity index is 1.74. The molecule has 1 aromatic rings. The van der Waals surface area contributed by atoms with Crippen molar-refractivity contribution < 1.29 is 9.59 Å². The minimum absolute atomic E-state index is 0.0207. The fourth-order valence-corrected chi connectivity index (χ4v) is 4.51. The minimum atomic E-state index is -0.357. The average molecular weight is 401 g/mol. The van der Waals surface area contributed by atoms with Gasteiger partial charge in [-0.25, -0.2) is 4.79 Å². The minimum Gasteiger partial charge on any atom is -0.333 e. The Hall–Kier alpha value is -2.08. The number of nitrogens with zero attached hydrogens (tertiary/aromatic N) is 2. The third-order valence-corrected chi connectivity index (χ3v) is 6.11. The van der Waals surface area contributed by atoms with Gasteiger partial charge in [0, 0.05) is 37.5 Å². The van der Waals surface area contributed by atoms with Gasteiger partial charge in [-0.15, -0.1) is 0 Å². The summed E-state index contributed by atoms with van der Waals surface area (Å²) in [6, 6.07) is 10.1. The number of hydrogen-bond donors (Lipinski definition) is 2. The van der Waals surface area contributed by atoms with Crippen molar-refractivity contribution >= 4 is 11.9 Å². The van der Waals surface area contributed by atoms with Crippen LogP contribution >= 0.6 is 0 Å². The lowest BCUT2D eigenvalue weighted by molar-refractivity contribution is -0.136. The van der Waals surface area contributed by atoms with E-state index in [0.717, 1.165) is 19.3 Å². The summed E-state index contributed by atoms with van der Waals surface area (Å²) in [6.07, 6.45) is 3.13. The van der Waals surface area contributed by atoms with E-state index in [9.17, 15) is 9.59 Å². The molecule has 3 amide bonds. The van der Waals surface area contributed by atoms with Gasteiger partial charge in [0.15, 0.2) is 0 Å². The summed E-state index contributed by atoms with van der Waals surface area (Å²) >= 11 is 0. The van der Waals surface area contributed by atoms with Crippen LogP contribution in [0.2, 0.25) is 0 Å². The maximum absolute atomic E-state index is 13.4. The number of rotatable bonds is 4. The Morgan fingerprint density at radius 3 is 2.41 bits per heavy atom. The van der Waals surface area contributed by atoms with E-state index in [1.807, 2.05) is 43.9 Å². The second-order valence-electron chi connectivity index (χ2n) is 9.55. The molecule has 29 heavy (non-hydrogen) atoms. The first-order valence-electron chi connectivity index (χ1n) is 10.9. The van der Waals surface area contributed by atoms with Gasteiger partial charge in [0.2, 0.25) is 5.91 Å². The summed E-state index contributed by atoms with van der Waals surface area (Å²) in [4.78, 5) is 29.9. The van der Waals surface area contributed by atoms with E-state index in [4.69, 9.17) is 0 Å². The van der Waals surface area contributed by atoms with Crippen molar-refractivity contribution in [1.82, 2.24) is 20.4 Å². The molecule has 0 saturated carbocycles. The number of nitrogens with one attached hydrogen (secondary N) is 2. The van der Waals surface area contributed by atoms with Crippen molar-refractivity contribution in [3.05, 3.63) is 35.9 Å². The molecule has 6 nitrogen and oxygen atoms in total. The molecular weight excluding hydrogens is 364 g/mol. The summed E-state index contributed by atoms with van der Waals surface area (Å²) in [5.74, 6) is 0.191. The van der Waals surface area contributed by atoms with Crippen LogP contribution in [0.1, 0.15) is 59.4 Å². The standard InChI is InChI=1S/C23H36N4O2/c1-6-17(2)27-20(28)19(16-18-10-8-7-9-11-18)24-23(27)12-14-26(15-13-23)21(29)25-22(3,4)5/h7-11,17,19,24H,6,12-16H2,1-5H3,(H,25,29)/t17-,19-/m0/s1. The van der Waals surface area contributed by atoms with Crippen molar-refractivity contribution in [2.45, 2.75) is 83.6 Å². The lowest BCUT2D eigenvalue weighted by atomic mass is 9.94. The highest BCUT2D eigenvalue weighted by Crippen LogP contribution is 2.35. The molecule has 3 rings (SSSR count). The smallest absolute Gasteiger partial charge is 0.317 e. The lowest BCUT2D eigenvalue weighted by Crippen LogP contribution is -2.62. The van der Waals surface area contributed by atoms with Gasteiger partial charge in [0.1, 0.15) is 0 Å². The number of amides is 3. The predicted octanol–water partition coefficient (Wildman–Crippen LogP) is 3.13. The van der Waals surface area contributed by atoms with Gasteiger partial charge >= 0.3 is 6.03 Å². The van der Waals surface area contributed by atoms with Crippen LogP contribution in [0.25, 0.3) is 0 Å². The monoisotopic (exact) mass is 400 g/mol. The molecule has 2 fully saturated rings. The zero-order valence-corrected chi connectivity index (χ0v) is 18.5. The third-order valence-electron chi connectivity index (χ3n) is 6.11. The molecular formula is C23H36N4O2. The first-order chi connectivity index (χ1) is 13.6. The highest BCUT2D eigenvalue weighted by molar-refractivity contribution is 5.86. The van der Waals surface area contributed by atoms with E-state index in [1.165, 1.54) is 5.56 Å². The first-order valence-corrected chi connectivity index (χ1v) is 10.9. The zero-order valence-electron chi connectivity index (χ0n) is 18.5. The molecule has 2 aliphatic heterocycles. The van der Waals surface area contributed by atoms with Crippen molar-refractivity contribution in [1.29, 1.82) is 0 Å². The van der Waals surface area contributed by atoms with Crippen LogP contribution < -0.4 is 10.6 Å². The Morgan fingerprint density at radius 2 is 1.86 bits per heavy atom. The Kier molecular flexibility index (Phi) is 6.22. The van der Waals surface area contributed by atoms with Gasteiger partial charge in [-0.3, -0.25) is 10.1 Å². The van der Waals surface area contributed by atoms with Crippen LogP contribution in [-0.2, 0) is 11.2 Å². The summed E-state index contributed by atoms with van der Waals surface area (Å²) in [7, 11) is 0. The molecule has 0 aliphatic carbocycles. The summed E-state index contributed by atoms with van der Waals surface area (Å²) in [5.41, 5.74) is 0.559.